The van der Waals surface area contributed by atoms with Gasteiger partial charge in [0, 0.05) is 5.41 Å². The van der Waals surface area contributed by atoms with E-state index in [1.165, 1.54) is 11.6 Å². The van der Waals surface area contributed by atoms with Crippen molar-refractivity contribution >= 4 is 0 Å². The van der Waals surface area contributed by atoms with Gasteiger partial charge in [-0.2, -0.15) is 0 Å². The van der Waals surface area contributed by atoms with Crippen LogP contribution in [0.1, 0.15) is 30.5 Å². The molecule has 0 bridgehead atoms. The Balaban J connectivity index is 2.29. The zero-order valence-electron chi connectivity index (χ0n) is 12.1. The molecule has 1 atom stereocenters. The smallest absolute Gasteiger partial charge is 0.127 e. The maximum absolute atomic E-state index is 14.0. The van der Waals surface area contributed by atoms with Crippen LogP contribution in [0.3, 0.4) is 0 Å². The molecule has 106 valence electrons. The van der Waals surface area contributed by atoms with Crippen molar-refractivity contribution in [2.45, 2.75) is 32.1 Å². The van der Waals surface area contributed by atoms with E-state index < -0.39 is 5.41 Å². The molecule has 0 aliphatic heterocycles. The Morgan fingerprint density at radius 2 is 1.60 bits per heavy atom. The van der Waals surface area contributed by atoms with Gasteiger partial charge in [0.15, 0.2) is 0 Å². The Hall–Kier alpha value is -1.67. The first-order chi connectivity index (χ1) is 9.59. The lowest BCUT2D eigenvalue weighted by Crippen LogP contribution is -2.30. The van der Waals surface area contributed by atoms with Crippen LogP contribution in [0.5, 0.6) is 0 Å². The summed E-state index contributed by atoms with van der Waals surface area (Å²) in [6, 6.07) is 15.0. The quantitative estimate of drug-likeness (QED) is 0.875. The first kappa shape index (κ1) is 14.7. The lowest BCUT2D eigenvalue weighted by Gasteiger charge is -2.28. The third-order valence-electron chi connectivity index (χ3n) is 3.90. The number of aliphatic hydroxyl groups is 1. The molecule has 1 unspecified atom stereocenters. The zero-order valence-corrected chi connectivity index (χ0v) is 12.1. The second kappa shape index (κ2) is 6.19. The number of benzene rings is 2. The van der Waals surface area contributed by atoms with Crippen LogP contribution >= 0.6 is 0 Å². The van der Waals surface area contributed by atoms with E-state index in [0.29, 0.717) is 12.0 Å². The fourth-order valence-corrected chi connectivity index (χ4v) is 2.53. The number of aryl methyl sites for hydroxylation is 1. The number of hydrogen-bond acceptors (Lipinski definition) is 1. The van der Waals surface area contributed by atoms with Crippen molar-refractivity contribution in [1.29, 1.82) is 0 Å². The topological polar surface area (TPSA) is 20.2 Å². The average molecular weight is 272 g/mol. The van der Waals surface area contributed by atoms with Crippen LogP contribution in [0, 0.1) is 5.82 Å². The summed E-state index contributed by atoms with van der Waals surface area (Å²) in [5, 5.41) is 9.76. The van der Waals surface area contributed by atoms with Gasteiger partial charge in [-0.3, -0.25) is 0 Å². The summed E-state index contributed by atoms with van der Waals surface area (Å²) in [6.07, 6.45) is 1.62. The van der Waals surface area contributed by atoms with E-state index in [-0.39, 0.29) is 12.4 Å². The van der Waals surface area contributed by atoms with Crippen molar-refractivity contribution in [3.8, 4) is 0 Å². The van der Waals surface area contributed by atoms with Crippen molar-refractivity contribution < 1.29 is 9.50 Å². The molecule has 0 fully saturated rings. The summed E-state index contributed by atoms with van der Waals surface area (Å²) in [6.45, 7) is 3.94. The molecule has 0 radical (unpaired) electrons. The fourth-order valence-electron chi connectivity index (χ4n) is 2.53. The third-order valence-corrected chi connectivity index (χ3v) is 3.90. The molecule has 0 saturated heterocycles. The Labute approximate surface area is 120 Å². The van der Waals surface area contributed by atoms with Crippen LogP contribution in [-0.4, -0.2) is 11.7 Å². The first-order valence-corrected chi connectivity index (χ1v) is 7.03. The maximum atomic E-state index is 14.0. The highest BCUT2D eigenvalue weighted by atomic mass is 19.1. The van der Waals surface area contributed by atoms with Gasteiger partial charge in [-0.25, -0.2) is 4.39 Å². The standard InChI is InChI=1S/C18H21FO/c1-3-14-8-10-15(11-9-14)12-18(2,13-20)16-6-4-5-7-17(16)19/h4-11,20H,3,12-13H2,1-2H3. The largest absolute Gasteiger partial charge is 0.395 e. The molecule has 2 rings (SSSR count). The molecule has 1 N–H and O–H groups in total. The summed E-state index contributed by atoms with van der Waals surface area (Å²) in [7, 11) is 0. The highest BCUT2D eigenvalue weighted by molar-refractivity contribution is 5.31. The number of hydrogen-bond donors (Lipinski definition) is 1. The minimum atomic E-state index is -0.598. The predicted molar refractivity (Wildman–Crippen MR) is 80.4 cm³/mol. The second-order valence-electron chi connectivity index (χ2n) is 5.55. The number of halogens is 1. The molecular formula is C18H21FO. The molecule has 0 spiro atoms. The minimum Gasteiger partial charge on any atom is -0.395 e. The van der Waals surface area contributed by atoms with Gasteiger partial charge in [-0.1, -0.05) is 56.3 Å². The van der Waals surface area contributed by atoms with Gasteiger partial charge in [0.05, 0.1) is 6.61 Å². The molecule has 2 aromatic rings. The van der Waals surface area contributed by atoms with E-state index in [1.54, 1.807) is 12.1 Å². The molecule has 20 heavy (non-hydrogen) atoms. The van der Waals surface area contributed by atoms with Crippen LogP contribution in [0.4, 0.5) is 4.39 Å². The lowest BCUT2D eigenvalue weighted by molar-refractivity contribution is 0.201. The Kier molecular flexibility index (Phi) is 4.56. The van der Waals surface area contributed by atoms with Crippen LogP contribution in [0.2, 0.25) is 0 Å². The first-order valence-electron chi connectivity index (χ1n) is 7.03. The molecule has 0 aliphatic carbocycles. The Morgan fingerprint density at radius 1 is 1.00 bits per heavy atom. The normalized spacial score (nSPS) is 14.0. The summed E-state index contributed by atoms with van der Waals surface area (Å²) >= 11 is 0. The van der Waals surface area contributed by atoms with E-state index in [1.807, 2.05) is 13.0 Å². The SMILES string of the molecule is CCc1ccc(CC(C)(CO)c2ccccc2F)cc1. The maximum Gasteiger partial charge on any atom is 0.127 e. The molecule has 2 heteroatoms. The summed E-state index contributed by atoms with van der Waals surface area (Å²) in [4.78, 5) is 0. The van der Waals surface area contributed by atoms with Crippen molar-refractivity contribution in [2.75, 3.05) is 6.61 Å². The monoisotopic (exact) mass is 272 g/mol. The average Bonchev–Trinajstić information content (AvgIpc) is 2.48. The molecule has 1 nitrogen and oxygen atoms in total. The predicted octanol–water partition coefficient (Wildman–Crippen LogP) is 3.88. The minimum absolute atomic E-state index is 0.0799. The molecule has 0 aliphatic rings. The fraction of sp³-hybridized carbons (Fsp3) is 0.333. The van der Waals surface area contributed by atoms with Gasteiger partial charge in [-0.05, 0) is 35.6 Å². The molecule has 0 amide bonds. The van der Waals surface area contributed by atoms with E-state index in [2.05, 4.69) is 31.2 Å². The van der Waals surface area contributed by atoms with E-state index in [9.17, 15) is 9.50 Å². The van der Waals surface area contributed by atoms with Crippen LogP contribution in [0.15, 0.2) is 48.5 Å². The van der Waals surface area contributed by atoms with Gasteiger partial charge in [-0.15, -0.1) is 0 Å². The molecular weight excluding hydrogens is 251 g/mol. The Morgan fingerprint density at radius 3 is 2.15 bits per heavy atom. The summed E-state index contributed by atoms with van der Waals surface area (Å²) < 4.78 is 14.0. The molecule has 0 heterocycles. The van der Waals surface area contributed by atoms with Gasteiger partial charge >= 0.3 is 0 Å². The molecule has 0 saturated carbocycles. The number of aliphatic hydroxyl groups excluding tert-OH is 1. The van der Waals surface area contributed by atoms with Gasteiger partial charge in [0.25, 0.3) is 0 Å². The molecule has 2 aromatic carbocycles. The van der Waals surface area contributed by atoms with Crippen LogP contribution < -0.4 is 0 Å². The van der Waals surface area contributed by atoms with Gasteiger partial charge < -0.3 is 5.11 Å². The van der Waals surface area contributed by atoms with Crippen molar-refractivity contribution in [3.05, 3.63) is 71.0 Å². The van der Waals surface area contributed by atoms with E-state index >= 15 is 0 Å². The number of rotatable bonds is 5. The second-order valence-corrected chi connectivity index (χ2v) is 5.55. The van der Waals surface area contributed by atoms with Crippen LogP contribution in [0.25, 0.3) is 0 Å². The van der Waals surface area contributed by atoms with Gasteiger partial charge in [0.1, 0.15) is 5.82 Å². The summed E-state index contributed by atoms with van der Waals surface area (Å²) in [5.41, 5.74) is 2.37. The van der Waals surface area contributed by atoms with E-state index in [0.717, 1.165) is 12.0 Å². The van der Waals surface area contributed by atoms with E-state index in [4.69, 9.17) is 0 Å². The summed E-state index contributed by atoms with van der Waals surface area (Å²) in [5.74, 6) is -0.255. The highest BCUT2D eigenvalue weighted by Crippen LogP contribution is 2.29. The highest BCUT2D eigenvalue weighted by Gasteiger charge is 2.28. The zero-order chi connectivity index (χ0) is 14.6. The third kappa shape index (κ3) is 3.07. The molecule has 0 aromatic heterocycles. The van der Waals surface area contributed by atoms with Crippen LogP contribution in [-0.2, 0) is 18.3 Å². The van der Waals surface area contributed by atoms with Crippen molar-refractivity contribution in [2.24, 2.45) is 0 Å². The van der Waals surface area contributed by atoms with Gasteiger partial charge in [0.2, 0.25) is 0 Å². The Bertz CT molecular complexity index is 562. The van der Waals surface area contributed by atoms with Crippen molar-refractivity contribution in [3.63, 3.8) is 0 Å². The van der Waals surface area contributed by atoms with Crippen molar-refractivity contribution in [1.82, 2.24) is 0 Å². The lowest BCUT2D eigenvalue weighted by atomic mass is 9.77.